The van der Waals surface area contributed by atoms with Crippen molar-refractivity contribution >= 4 is 18.8 Å². The second-order valence-corrected chi connectivity index (χ2v) is 7.84. The molecule has 1 unspecified atom stereocenters. The van der Waals surface area contributed by atoms with Crippen molar-refractivity contribution in [2.24, 2.45) is 0 Å². The number of hydrogen-bond acceptors (Lipinski definition) is 3. The monoisotopic (exact) mass is 316 g/mol. The van der Waals surface area contributed by atoms with E-state index in [0.29, 0.717) is 17.1 Å². The van der Waals surface area contributed by atoms with E-state index < -0.39 is 7.92 Å². The van der Waals surface area contributed by atoms with E-state index >= 15 is 0 Å². The van der Waals surface area contributed by atoms with E-state index in [-0.39, 0.29) is 11.2 Å². The molecule has 0 radical (unpaired) electrons. The van der Waals surface area contributed by atoms with Crippen molar-refractivity contribution in [3.05, 3.63) is 54.1 Å². The van der Waals surface area contributed by atoms with Gasteiger partial charge in [-0.3, -0.25) is 4.79 Å². The average molecular weight is 316 g/mol. The summed E-state index contributed by atoms with van der Waals surface area (Å²) in [4.78, 5) is 13.2. The van der Waals surface area contributed by atoms with Gasteiger partial charge in [0, 0.05) is 7.92 Å². The first-order valence-corrected chi connectivity index (χ1v) is 8.60. The van der Waals surface area contributed by atoms with Gasteiger partial charge in [0.1, 0.15) is 17.1 Å². The highest BCUT2D eigenvalue weighted by molar-refractivity contribution is 7.82. The maximum absolute atomic E-state index is 13.2. The summed E-state index contributed by atoms with van der Waals surface area (Å²) in [5.41, 5.74) is 0.862. The lowest BCUT2D eigenvalue weighted by Crippen LogP contribution is -2.16. The largest absolute Gasteiger partial charge is 0.496 e. The molecule has 0 aromatic heterocycles. The zero-order valence-electron chi connectivity index (χ0n) is 13.4. The van der Waals surface area contributed by atoms with Crippen LogP contribution in [0, 0.1) is 0 Å². The molecule has 0 heterocycles. The van der Waals surface area contributed by atoms with Gasteiger partial charge in [0.2, 0.25) is 0 Å². The molecular weight excluding hydrogens is 295 g/mol. The molecule has 2 aromatic carbocycles. The summed E-state index contributed by atoms with van der Waals surface area (Å²) < 4.78 is 10.8. The summed E-state index contributed by atoms with van der Waals surface area (Å²) in [7, 11) is 2.16. The Balaban J connectivity index is 2.53. The summed E-state index contributed by atoms with van der Waals surface area (Å²) in [6.45, 7) is 4.16. The van der Waals surface area contributed by atoms with Crippen LogP contribution in [0.15, 0.2) is 48.5 Å². The minimum atomic E-state index is -0.995. The maximum Gasteiger partial charge on any atom is 0.196 e. The molecule has 0 bridgehead atoms. The van der Waals surface area contributed by atoms with Crippen LogP contribution in [0.25, 0.3) is 0 Å². The number of methoxy groups -OCH3 is 2. The van der Waals surface area contributed by atoms with Crippen molar-refractivity contribution < 1.29 is 14.3 Å². The van der Waals surface area contributed by atoms with Gasteiger partial charge in [-0.25, -0.2) is 0 Å². The Morgan fingerprint density at radius 3 is 1.91 bits per heavy atom. The van der Waals surface area contributed by atoms with Crippen LogP contribution >= 0.6 is 7.92 Å². The molecule has 1 atom stereocenters. The van der Waals surface area contributed by atoms with Crippen molar-refractivity contribution in [1.29, 1.82) is 0 Å². The second-order valence-electron chi connectivity index (χ2n) is 5.14. The Kier molecular flexibility index (Phi) is 5.57. The minimum Gasteiger partial charge on any atom is -0.496 e. The van der Waals surface area contributed by atoms with Crippen LogP contribution in [0.4, 0.5) is 0 Å². The second kappa shape index (κ2) is 7.42. The fraction of sp³-hybridized carbons (Fsp3) is 0.278. The third-order valence-corrected chi connectivity index (χ3v) is 5.96. The van der Waals surface area contributed by atoms with Crippen LogP contribution in [-0.2, 0) is 0 Å². The van der Waals surface area contributed by atoms with E-state index in [1.54, 1.807) is 26.4 Å². The Morgan fingerprint density at radius 2 is 1.45 bits per heavy atom. The zero-order valence-corrected chi connectivity index (χ0v) is 14.3. The number of carbonyl (C=O) groups excluding carboxylic acids is 1. The number of rotatable bonds is 6. The zero-order chi connectivity index (χ0) is 16.1. The van der Waals surface area contributed by atoms with E-state index in [0.717, 1.165) is 5.30 Å². The molecule has 0 amide bonds. The van der Waals surface area contributed by atoms with E-state index in [2.05, 4.69) is 13.8 Å². The van der Waals surface area contributed by atoms with Crippen molar-refractivity contribution in [1.82, 2.24) is 0 Å². The lowest BCUT2D eigenvalue weighted by molar-refractivity contribution is 0.107. The minimum absolute atomic E-state index is 0.0884. The third-order valence-electron chi connectivity index (χ3n) is 3.41. The lowest BCUT2D eigenvalue weighted by atomic mass is 10.2. The van der Waals surface area contributed by atoms with E-state index in [1.165, 1.54) is 0 Å². The molecule has 0 fully saturated rings. The fourth-order valence-corrected chi connectivity index (χ4v) is 4.68. The van der Waals surface area contributed by atoms with Gasteiger partial charge in [0.05, 0.1) is 14.2 Å². The number of ether oxygens (including phenoxy) is 2. The molecule has 2 rings (SSSR count). The van der Waals surface area contributed by atoms with Gasteiger partial charge in [0.15, 0.2) is 5.52 Å². The molecule has 116 valence electrons. The van der Waals surface area contributed by atoms with Gasteiger partial charge >= 0.3 is 0 Å². The van der Waals surface area contributed by atoms with Gasteiger partial charge in [0.25, 0.3) is 0 Å². The predicted molar refractivity (Wildman–Crippen MR) is 92.0 cm³/mol. The van der Waals surface area contributed by atoms with Crippen LogP contribution in [0.5, 0.6) is 11.5 Å². The first-order chi connectivity index (χ1) is 10.6. The maximum atomic E-state index is 13.2. The normalized spacial score (nSPS) is 12.0. The van der Waals surface area contributed by atoms with Gasteiger partial charge in [-0.15, -0.1) is 0 Å². The Labute approximate surface area is 133 Å². The molecule has 22 heavy (non-hydrogen) atoms. The van der Waals surface area contributed by atoms with Crippen molar-refractivity contribution in [2.75, 3.05) is 14.2 Å². The highest BCUT2D eigenvalue weighted by Crippen LogP contribution is 2.47. The van der Waals surface area contributed by atoms with Gasteiger partial charge < -0.3 is 9.47 Å². The van der Waals surface area contributed by atoms with Crippen LogP contribution in [0.2, 0.25) is 0 Å². The lowest BCUT2D eigenvalue weighted by Gasteiger charge is -2.22. The Morgan fingerprint density at radius 1 is 0.909 bits per heavy atom. The molecule has 2 aromatic rings. The SMILES string of the molecule is COc1cccc(OC)c1C(=O)P(c1ccccc1)C(C)C. The molecule has 0 spiro atoms. The first kappa shape index (κ1) is 16.5. The molecule has 0 N–H and O–H groups in total. The highest BCUT2D eigenvalue weighted by Gasteiger charge is 2.29. The van der Waals surface area contributed by atoms with E-state index in [4.69, 9.17) is 9.47 Å². The number of benzene rings is 2. The van der Waals surface area contributed by atoms with Crippen LogP contribution in [0.3, 0.4) is 0 Å². The highest BCUT2D eigenvalue weighted by atomic mass is 31.1. The quantitative estimate of drug-likeness (QED) is 0.754. The molecule has 0 aliphatic heterocycles. The number of hydrogen-bond donors (Lipinski definition) is 0. The summed E-state index contributed by atoms with van der Waals surface area (Å²) >= 11 is 0. The summed E-state index contributed by atoms with van der Waals surface area (Å²) in [5, 5.41) is 1.07. The molecule has 0 saturated heterocycles. The van der Waals surface area contributed by atoms with E-state index in [9.17, 15) is 4.79 Å². The molecule has 4 heteroatoms. The molecule has 3 nitrogen and oxygen atoms in total. The first-order valence-electron chi connectivity index (χ1n) is 7.19. The smallest absolute Gasteiger partial charge is 0.196 e. The third kappa shape index (κ3) is 3.31. The van der Waals surface area contributed by atoms with Gasteiger partial charge in [-0.1, -0.05) is 50.2 Å². The molecule has 0 aliphatic rings. The summed E-state index contributed by atoms with van der Waals surface area (Å²) in [6, 6.07) is 15.4. The van der Waals surface area contributed by atoms with Crippen molar-refractivity contribution in [2.45, 2.75) is 19.5 Å². The van der Waals surface area contributed by atoms with Gasteiger partial charge in [-0.2, -0.15) is 0 Å². The molecule has 0 aliphatic carbocycles. The van der Waals surface area contributed by atoms with Crippen LogP contribution < -0.4 is 14.8 Å². The molecular formula is C18H21O3P. The summed E-state index contributed by atoms with van der Waals surface area (Å²) in [6.07, 6.45) is 0. The van der Waals surface area contributed by atoms with Crippen molar-refractivity contribution in [3.8, 4) is 11.5 Å². The fourth-order valence-electron chi connectivity index (χ4n) is 2.42. The topological polar surface area (TPSA) is 35.5 Å². The van der Waals surface area contributed by atoms with Crippen molar-refractivity contribution in [3.63, 3.8) is 0 Å². The standard InChI is InChI=1S/C18H21O3P/c1-13(2)22(14-9-6-5-7-10-14)18(19)17-15(20-3)11-8-12-16(17)21-4/h5-13H,1-4H3. The number of carbonyl (C=O) groups is 1. The Bertz CT molecular complexity index is 616. The summed E-state index contributed by atoms with van der Waals surface area (Å²) in [5.74, 6) is 1.13. The Hall–Kier alpha value is -1.86. The van der Waals surface area contributed by atoms with Crippen LogP contribution in [0.1, 0.15) is 24.2 Å². The van der Waals surface area contributed by atoms with Crippen LogP contribution in [-0.4, -0.2) is 25.4 Å². The molecule has 0 saturated carbocycles. The predicted octanol–water partition coefficient (Wildman–Crippen LogP) is 4.06. The average Bonchev–Trinajstić information content (AvgIpc) is 2.54. The van der Waals surface area contributed by atoms with E-state index in [1.807, 2.05) is 36.4 Å². The van der Waals surface area contributed by atoms with Gasteiger partial charge in [-0.05, 0) is 23.1 Å².